The van der Waals surface area contributed by atoms with E-state index in [1.165, 1.54) is 6.07 Å². The molecular weight excluding hydrogens is 335 g/mol. The van der Waals surface area contributed by atoms with Crippen LogP contribution in [0.4, 0.5) is 10.1 Å². The van der Waals surface area contributed by atoms with Crippen molar-refractivity contribution in [1.29, 1.82) is 0 Å². The van der Waals surface area contributed by atoms with Crippen molar-refractivity contribution >= 4 is 27.5 Å². The monoisotopic (exact) mass is 350 g/mol. The summed E-state index contributed by atoms with van der Waals surface area (Å²) < 4.78 is 14.4. The van der Waals surface area contributed by atoms with Gasteiger partial charge in [-0.3, -0.25) is 4.79 Å². The summed E-state index contributed by atoms with van der Waals surface area (Å²) in [5, 5.41) is 5.67. The first kappa shape index (κ1) is 15.7. The molecule has 2 aromatic carbocycles. The molecule has 0 atom stereocenters. The van der Waals surface area contributed by atoms with Crippen LogP contribution in [-0.2, 0) is 6.42 Å². The molecule has 0 aliphatic rings. The lowest BCUT2D eigenvalue weighted by Crippen LogP contribution is -2.17. The van der Waals surface area contributed by atoms with Gasteiger partial charge in [-0.2, -0.15) is 0 Å². The molecule has 0 aliphatic carbocycles. The average molecular weight is 351 g/mol. The fourth-order valence-corrected chi connectivity index (χ4v) is 2.36. The zero-order valence-corrected chi connectivity index (χ0v) is 13.2. The maximum atomic E-state index is 13.7. The zero-order valence-electron chi connectivity index (χ0n) is 11.6. The van der Waals surface area contributed by atoms with Crippen LogP contribution in [-0.4, -0.2) is 19.5 Å². The molecular formula is C16H16BrFN2O. The Balaban J connectivity index is 2.22. The van der Waals surface area contributed by atoms with Crippen molar-refractivity contribution in [3.05, 3.63) is 63.9 Å². The summed E-state index contributed by atoms with van der Waals surface area (Å²) in [7, 11) is 1.86. The number of carbonyl (C=O) groups is 1. The first-order chi connectivity index (χ1) is 10.1. The fraction of sp³-hybridized carbons (Fsp3) is 0.188. The van der Waals surface area contributed by atoms with Gasteiger partial charge in [-0.15, -0.1) is 0 Å². The van der Waals surface area contributed by atoms with E-state index in [0.29, 0.717) is 10.0 Å². The lowest BCUT2D eigenvalue weighted by molar-refractivity contribution is 0.102. The van der Waals surface area contributed by atoms with Crippen molar-refractivity contribution in [3.63, 3.8) is 0 Å². The van der Waals surface area contributed by atoms with Crippen LogP contribution in [0.2, 0.25) is 0 Å². The van der Waals surface area contributed by atoms with Gasteiger partial charge in [-0.1, -0.05) is 34.1 Å². The maximum absolute atomic E-state index is 13.7. The van der Waals surface area contributed by atoms with E-state index in [2.05, 4.69) is 26.6 Å². The quantitative estimate of drug-likeness (QED) is 0.864. The topological polar surface area (TPSA) is 41.1 Å². The van der Waals surface area contributed by atoms with Crippen LogP contribution in [0.1, 0.15) is 15.9 Å². The highest BCUT2D eigenvalue weighted by Gasteiger charge is 2.13. The van der Waals surface area contributed by atoms with E-state index in [-0.39, 0.29) is 11.6 Å². The third-order valence-corrected chi connectivity index (χ3v) is 3.58. The van der Waals surface area contributed by atoms with E-state index in [1.807, 2.05) is 19.2 Å². The predicted molar refractivity (Wildman–Crippen MR) is 86.1 cm³/mol. The number of hydrogen-bond acceptors (Lipinski definition) is 2. The summed E-state index contributed by atoms with van der Waals surface area (Å²) >= 11 is 3.26. The highest BCUT2D eigenvalue weighted by Crippen LogP contribution is 2.21. The SMILES string of the molecule is CNCCc1ccccc1C(=O)Nc1cc(Br)ccc1F. The smallest absolute Gasteiger partial charge is 0.256 e. The number of benzene rings is 2. The summed E-state index contributed by atoms with van der Waals surface area (Å²) in [6.07, 6.45) is 0.737. The Morgan fingerprint density at radius 3 is 2.76 bits per heavy atom. The van der Waals surface area contributed by atoms with Gasteiger partial charge >= 0.3 is 0 Å². The summed E-state index contributed by atoms with van der Waals surface area (Å²) in [6.45, 7) is 0.773. The summed E-state index contributed by atoms with van der Waals surface area (Å²) in [6, 6.07) is 11.8. The van der Waals surface area contributed by atoms with Gasteiger partial charge in [-0.25, -0.2) is 4.39 Å². The Morgan fingerprint density at radius 1 is 1.24 bits per heavy atom. The molecule has 2 aromatic rings. The molecule has 0 heterocycles. The molecule has 0 unspecified atom stereocenters. The van der Waals surface area contributed by atoms with Crippen molar-refractivity contribution < 1.29 is 9.18 Å². The summed E-state index contributed by atoms with van der Waals surface area (Å²) in [4.78, 5) is 12.3. The summed E-state index contributed by atoms with van der Waals surface area (Å²) in [5.41, 5.74) is 1.66. The second-order valence-corrected chi connectivity index (χ2v) is 5.50. The third-order valence-electron chi connectivity index (χ3n) is 3.08. The largest absolute Gasteiger partial charge is 0.319 e. The Labute approximate surface area is 131 Å². The molecule has 0 fully saturated rings. The van der Waals surface area contributed by atoms with Gasteiger partial charge in [0.1, 0.15) is 5.82 Å². The normalized spacial score (nSPS) is 10.4. The molecule has 0 saturated heterocycles. The van der Waals surface area contributed by atoms with Crippen LogP contribution >= 0.6 is 15.9 Å². The molecule has 5 heteroatoms. The van der Waals surface area contributed by atoms with Crippen molar-refractivity contribution in [3.8, 4) is 0 Å². The number of likely N-dealkylation sites (N-methyl/N-ethyl adjacent to an activating group) is 1. The van der Waals surface area contributed by atoms with Crippen molar-refractivity contribution in [2.75, 3.05) is 18.9 Å². The van der Waals surface area contributed by atoms with E-state index in [0.717, 1.165) is 18.5 Å². The molecule has 0 bridgehead atoms. The molecule has 21 heavy (non-hydrogen) atoms. The van der Waals surface area contributed by atoms with Crippen molar-refractivity contribution in [2.45, 2.75) is 6.42 Å². The van der Waals surface area contributed by atoms with Crippen LogP contribution in [0.3, 0.4) is 0 Å². The second-order valence-electron chi connectivity index (χ2n) is 4.59. The van der Waals surface area contributed by atoms with Crippen molar-refractivity contribution in [2.24, 2.45) is 0 Å². The van der Waals surface area contributed by atoms with E-state index < -0.39 is 5.82 Å². The number of amides is 1. The van der Waals surface area contributed by atoms with Gasteiger partial charge in [0.2, 0.25) is 0 Å². The first-order valence-corrected chi connectivity index (χ1v) is 7.40. The average Bonchev–Trinajstić information content (AvgIpc) is 2.49. The molecule has 0 radical (unpaired) electrons. The Kier molecular flexibility index (Phi) is 5.47. The van der Waals surface area contributed by atoms with Gasteiger partial charge in [0.25, 0.3) is 5.91 Å². The molecule has 2 N–H and O–H groups in total. The lowest BCUT2D eigenvalue weighted by Gasteiger charge is -2.11. The van der Waals surface area contributed by atoms with Crippen LogP contribution < -0.4 is 10.6 Å². The molecule has 2 rings (SSSR count). The highest BCUT2D eigenvalue weighted by atomic mass is 79.9. The molecule has 0 aliphatic heterocycles. The minimum Gasteiger partial charge on any atom is -0.319 e. The Bertz CT molecular complexity index is 646. The number of carbonyl (C=O) groups excluding carboxylic acids is 1. The predicted octanol–water partition coefficient (Wildman–Crippen LogP) is 3.60. The molecule has 0 saturated carbocycles. The number of halogens is 2. The highest BCUT2D eigenvalue weighted by molar-refractivity contribution is 9.10. The summed E-state index contributed by atoms with van der Waals surface area (Å²) in [5.74, 6) is -0.766. The second kappa shape index (κ2) is 7.33. The molecule has 110 valence electrons. The zero-order chi connectivity index (χ0) is 15.2. The standard InChI is InChI=1S/C16H16BrFN2O/c1-19-9-8-11-4-2-3-5-13(11)16(21)20-15-10-12(17)6-7-14(15)18/h2-7,10,19H,8-9H2,1H3,(H,20,21). The van der Waals surface area contributed by atoms with E-state index in [9.17, 15) is 9.18 Å². The first-order valence-electron chi connectivity index (χ1n) is 6.60. The molecule has 0 aromatic heterocycles. The van der Waals surface area contributed by atoms with E-state index in [1.54, 1.807) is 24.3 Å². The van der Waals surface area contributed by atoms with Crippen LogP contribution in [0.5, 0.6) is 0 Å². The van der Waals surface area contributed by atoms with Crippen molar-refractivity contribution in [1.82, 2.24) is 5.32 Å². The molecule has 1 amide bonds. The van der Waals surface area contributed by atoms with Crippen LogP contribution in [0, 0.1) is 5.82 Å². The maximum Gasteiger partial charge on any atom is 0.256 e. The number of nitrogens with one attached hydrogen (secondary N) is 2. The van der Waals surface area contributed by atoms with Gasteiger partial charge in [0.05, 0.1) is 5.69 Å². The molecule has 0 spiro atoms. The minimum absolute atomic E-state index is 0.165. The fourth-order valence-electron chi connectivity index (χ4n) is 2.00. The Hall–Kier alpha value is -1.72. The van der Waals surface area contributed by atoms with Crippen LogP contribution in [0.25, 0.3) is 0 Å². The minimum atomic E-state index is -0.459. The van der Waals surface area contributed by atoms with Gasteiger partial charge in [0, 0.05) is 10.0 Å². The van der Waals surface area contributed by atoms with E-state index >= 15 is 0 Å². The third kappa shape index (κ3) is 4.12. The molecule has 3 nitrogen and oxygen atoms in total. The van der Waals surface area contributed by atoms with Gasteiger partial charge in [0.15, 0.2) is 0 Å². The number of rotatable bonds is 5. The van der Waals surface area contributed by atoms with Gasteiger partial charge < -0.3 is 10.6 Å². The van der Waals surface area contributed by atoms with E-state index in [4.69, 9.17) is 0 Å². The number of hydrogen-bond donors (Lipinski definition) is 2. The lowest BCUT2D eigenvalue weighted by atomic mass is 10.0. The van der Waals surface area contributed by atoms with Crippen LogP contribution in [0.15, 0.2) is 46.9 Å². The van der Waals surface area contributed by atoms with Gasteiger partial charge in [-0.05, 0) is 49.8 Å². The number of anilines is 1. The Morgan fingerprint density at radius 2 is 2.00 bits per heavy atom.